The third kappa shape index (κ3) is 2.45. The van der Waals surface area contributed by atoms with Gasteiger partial charge in [0, 0.05) is 11.2 Å². The van der Waals surface area contributed by atoms with E-state index in [0.717, 1.165) is 24.6 Å². The van der Waals surface area contributed by atoms with E-state index in [0.29, 0.717) is 5.92 Å². The van der Waals surface area contributed by atoms with Crippen molar-refractivity contribution >= 4 is 32.8 Å². The Morgan fingerprint density at radius 2 is 2.09 bits per heavy atom. The van der Waals surface area contributed by atoms with Crippen LogP contribution < -0.4 is 0 Å². The molecule has 0 heterocycles. The van der Waals surface area contributed by atoms with E-state index < -0.39 is 0 Å². The monoisotopic (exact) mass is 238 g/mol. The molecule has 0 aromatic rings. The fourth-order valence-corrected chi connectivity index (χ4v) is 2.75. The van der Waals surface area contributed by atoms with Crippen LogP contribution in [0.5, 0.6) is 0 Å². The number of halogens is 2. The van der Waals surface area contributed by atoms with Gasteiger partial charge in [0.25, 0.3) is 0 Å². The molecular weight excluding hydrogens is 227 g/mol. The normalized spacial score (nSPS) is 31.8. The van der Waals surface area contributed by atoms with Crippen LogP contribution in [0.3, 0.4) is 0 Å². The maximum atomic E-state index is 10.9. The van der Waals surface area contributed by atoms with Crippen LogP contribution in [-0.4, -0.2) is 10.6 Å². The minimum absolute atomic E-state index is 0.116. The molecule has 0 saturated heterocycles. The maximum Gasteiger partial charge on any atom is 0.225 e. The van der Waals surface area contributed by atoms with Crippen molar-refractivity contribution in [2.45, 2.75) is 25.7 Å². The Balaban J connectivity index is 2.51. The van der Waals surface area contributed by atoms with Gasteiger partial charge in [-0.25, -0.2) is 0 Å². The van der Waals surface area contributed by atoms with Gasteiger partial charge in [0.05, 0.1) is 0 Å². The molecule has 0 aromatic carbocycles. The van der Waals surface area contributed by atoms with Gasteiger partial charge in [0.1, 0.15) is 0 Å². The zero-order chi connectivity index (χ0) is 8.27. The van der Waals surface area contributed by atoms with Gasteiger partial charge in [0.2, 0.25) is 5.24 Å². The quantitative estimate of drug-likeness (QED) is 0.535. The molecule has 0 radical (unpaired) electrons. The highest BCUT2D eigenvalue weighted by Gasteiger charge is 2.28. The number of alkyl halides is 1. The zero-order valence-corrected chi connectivity index (χ0v) is 8.70. The lowest BCUT2D eigenvalue weighted by Gasteiger charge is -2.26. The van der Waals surface area contributed by atoms with Gasteiger partial charge in [-0.15, -0.1) is 0 Å². The van der Waals surface area contributed by atoms with Crippen LogP contribution >= 0.6 is 27.5 Å². The Hall–Kier alpha value is 0.440. The van der Waals surface area contributed by atoms with Crippen LogP contribution in [0.25, 0.3) is 0 Å². The Morgan fingerprint density at radius 3 is 2.55 bits per heavy atom. The van der Waals surface area contributed by atoms with Gasteiger partial charge in [-0.1, -0.05) is 28.8 Å². The average Bonchev–Trinajstić information content (AvgIpc) is 2.04. The highest BCUT2D eigenvalue weighted by atomic mass is 79.9. The summed E-state index contributed by atoms with van der Waals surface area (Å²) >= 11 is 8.88. The summed E-state index contributed by atoms with van der Waals surface area (Å²) in [5.74, 6) is 0.596. The standard InChI is InChI=1S/C8H12BrClO/c9-5-6-3-1-2-4-7(6)8(10)11/h6-7H,1-5H2. The van der Waals surface area contributed by atoms with Crippen molar-refractivity contribution in [1.82, 2.24) is 0 Å². The third-order valence-corrected chi connectivity index (χ3v) is 3.51. The van der Waals surface area contributed by atoms with Crippen LogP contribution in [0, 0.1) is 11.8 Å². The number of hydrogen-bond donors (Lipinski definition) is 0. The molecule has 2 atom stereocenters. The molecular formula is C8H12BrClO. The number of rotatable bonds is 2. The van der Waals surface area contributed by atoms with Crippen molar-refractivity contribution in [3.05, 3.63) is 0 Å². The van der Waals surface area contributed by atoms with Gasteiger partial charge in [0.15, 0.2) is 0 Å². The third-order valence-electron chi connectivity index (χ3n) is 2.40. The van der Waals surface area contributed by atoms with Crippen molar-refractivity contribution in [2.24, 2.45) is 11.8 Å². The number of carbonyl (C=O) groups is 1. The molecule has 1 nitrogen and oxygen atoms in total. The summed E-state index contributed by atoms with van der Waals surface area (Å²) in [7, 11) is 0. The molecule has 11 heavy (non-hydrogen) atoms. The van der Waals surface area contributed by atoms with Crippen LogP contribution in [0.1, 0.15) is 25.7 Å². The minimum Gasteiger partial charge on any atom is -0.281 e. The van der Waals surface area contributed by atoms with Gasteiger partial charge < -0.3 is 0 Å². The van der Waals surface area contributed by atoms with Crippen molar-refractivity contribution in [3.8, 4) is 0 Å². The first-order valence-electron chi connectivity index (χ1n) is 4.01. The van der Waals surface area contributed by atoms with Crippen LogP contribution in [0.2, 0.25) is 0 Å². The average molecular weight is 240 g/mol. The summed E-state index contributed by atoms with van der Waals surface area (Å²) in [5, 5.41) is 0.769. The summed E-state index contributed by atoms with van der Waals surface area (Å²) in [6, 6.07) is 0. The number of carbonyl (C=O) groups excluding carboxylic acids is 1. The van der Waals surface area contributed by atoms with Crippen LogP contribution in [0.15, 0.2) is 0 Å². The number of hydrogen-bond acceptors (Lipinski definition) is 1. The zero-order valence-electron chi connectivity index (χ0n) is 6.35. The Morgan fingerprint density at radius 1 is 1.45 bits per heavy atom. The van der Waals surface area contributed by atoms with Crippen molar-refractivity contribution in [1.29, 1.82) is 0 Å². The SMILES string of the molecule is O=C(Cl)C1CCCCC1CBr. The first-order chi connectivity index (χ1) is 5.25. The molecule has 3 heteroatoms. The summed E-state index contributed by atoms with van der Waals surface area (Å²) in [5.41, 5.74) is 0. The van der Waals surface area contributed by atoms with E-state index in [9.17, 15) is 4.79 Å². The molecule has 0 spiro atoms. The van der Waals surface area contributed by atoms with Crippen molar-refractivity contribution < 1.29 is 4.79 Å². The predicted octanol–water partition coefficient (Wildman–Crippen LogP) is 2.95. The van der Waals surface area contributed by atoms with Crippen molar-refractivity contribution in [3.63, 3.8) is 0 Å². The Kier molecular flexibility index (Phi) is 3.86. The summed E-state index contributed by atoms with van der Waals surface area (Å²) in [6.07, 6.45) is 4.54. The lowest BCUT2D eigenvalue weighted by atomic mass is 9.81. The highest BCUT2D eigenvalue weighted by Crippen LogP contribution is 2.32. The fourth-order valence-electron chi connectivity index (χ4n) is 1.69. The van der Waals surface area contributed by atoms with Gasteiger partial charge in [-0.3, -0.25) is 4.79 Å². The van der Waals surface area contributed by atoms with Crippen LogP contribution in [-0.2, 0) is 4.79 Å². The molecule has 0 aliphatic heterocycles. The molecule has 0 bridgehead atoms. The van der Waals surface area contributed by atoms with E-state index in [2.05, 4.69) is 15.9 Å². The molecule has 1 aliphatic carbocycles. The highest BCUT2D eigenvalue weighted by molar-refractivity contribution is 9.09. The summed E-state index contributed by atoms with van der Waals surface area (Å²) in [6.45, 7) is 0. The molecule has 0 aromatic heterocycles. The van der Waals surface area contributed by atoms with E-state index in [1.165, 1.54) is 6.42 Å². The molecule has 1 fully saturated rings. The van der Waals surface area contributed by atoms with E-state index in [-0.39, 0.29) is 11.2 Å². The molecule has 1 saturated carbocycles. The molecule has 64 valence electrons. The first-order valence-corrected chi connectivity index (χ1v) is 5.51. The van der Waals surface area contributed by atoms with Crippen LogP contribution in [0.4, 0.5) is 0 Å². The second-order valence-corrected chi connectivity index (χ2v) is 4.13. The minimum atomic E-state index is -0.144. The Bertz CT molecular complexity index is 149. The van der Waals surface area contributed by atoms with E-state index in [1.54, 1.807) is 0 Å². The molecule has 0 amide bonds. The fraction of sp³-hybridized carbons (Fsp3) is 0.875. The smallest absolute Gasteiger partial charge is 0.225 e. The van der Waals surface area contributed by atoms with Gasteiger partial charge >= 0.3 is 0 Å². The van der Waals surface area contributed by atoms with E-state index in [4.69, 9.17) is 11.6 Å². The predicted molar refractivity (Wildman–Crippen MR) is 50.1 cm³/mol. The topological polar surface area (TPSA) is 17.1 Å². The summed E-state index contributed by atoms with van der Waals surface area (Å²) in [4.78, 5) is 10.9. The summed E-state index contributed by atoms with van der Waals surface area (Å²) < 4.78 is 0. The lowest BCUT2D eigenvalue weighted by Crippen LogP contribution is -2.25. The van der Waals surface area contributed by atoms with Gasteiger partial charge in [-0.05, 0) is 30.4 Å². The maximum absolute atomic E-state index is 10.9. The second-order valence-electron chi connectivity index (χ2n) is 3.11. The molecule has 2 unspecified atom stereocenters. The largest absolute Gasteiger partial charge is 0.281 e. The Labute approximate surface area is 80.6 Å². The molecule has 1 aliphatic rings. The lowest BCUT2D eigenvalue weighted by molar-refractivity contribution is -0.117. The second kappa shape index (κ2) is 4.46. The van der Waals surface area contributed by atoms with Gasteiger partial charge in [-0.2, -0.15) is 0 Å². The van der Waals surface area contributed by atoms with E-state index >= 15 is 0 Å². The molecule has 0 N–H and O–H groups in total. The van der Waals surface area contributed by atoms with Crippen molar-refractivity contribution in [2.75, 3.05) is 5.33 Å². The molecule has 1 rings (SSSR count). The van der Waals surface area contributed by atoms with E-state index in [1.807, 2.05) is 0 Å². The first kappa shape index (κ1) is 9.53.